The van der Waals surface area contributed by atoms with Crippen LogP contribution in [-0.2, 0) is 16.0 Å². The first-order valence-corrected chi connectivity index (χ1v) is 7.93. The molecule has 1 saturated heterocycles. The second kappa shape index (κ2) is 5.60. The van der Waals surface area contributed by atoms with Crippen molar-refractivity contribution < 1.29 is 14.3 Å². The molecule has 0 aromatic heterocycles. The number of thioether (sulfide) groups is 1. The van der Waals surface area contributed by atoms with Crippen LogP contribution in [0.25, 0.3) is 0 Å². The summed E-state index contributed by atoms with van der Waals surface area (Å²) < 4.78 is 5.29. The molecule has 112 valence electrons. The Kier molecular flexibility index (Phi) is 3.80. The maximum Gasteiger partial charge on any atom is 0.414 e. The number of amides is 2. The van der Waals surface area contributed by atoms with Gasteiger partial charge in [-0.1, -0.05) is 6.92 Å². The van der Waals surface area contributed by atoms with E-state index in [1.165, 1.54) is 17.4 Å². The molecule has 3 rings (SSSR count). The Balaban J connectivity index is 1.71. The molecule has 6 heteroatoms. The summed E-state index contributed by atoms with van der Waals surface area (Å²) in [5.41, 5.74) is 2.17. The van der Waals surface area contributed by atoms with Crippen LogP contribution in [0.5, 0.6) is 0 Å². The Morgan fingerprint density at radius 2 is 2.33 bits per heavy atom. The number of fused-ring (bicyclic) bond motifs is 1. The van der Waals surface area contributed by atoms with Crippen LogP contribution < -0.4 is 10.2 Å². The number of anilines is 1. The predicted octanol–water partition coefficient (Wildman–Crippen LogP) is 2.18. The highest BCUT2D eigenvalue weighted by Gasteiger charge is 2.33. The van der Waals surface area contributed by atoms with Crippen molar-refractivity contribution in [2.75, 3.05) is 18.0 Å². The highest BCUT2D eigenvalue weighted by Crippen LogP contribution is 2.39. The third kappa shape index (κ3) is 3.00. The van der Waals surface area contributed by atoms with E-state index in [4.69, 9.17) is 4.74 Å². The van der Waals surface area contributed by atoms with Gasteiger partial charge in [0.1, 0.15) is 6.10 Å². The molecule has 5 nitrogen and oxygen atoms in total. The van der Waals surface area contributed by atoms with Gasteiger partial charge < -0.3 is 10.1 Å². The molecular formula is C15H18N2O3S. The monoisotopic (exact) mass is 306 g/mol. The lowest BCUT2D eigenvalue weighted by molar-refractivity contribution is -0.119. The summed E-state index contributed by atoms with van der Waals surface area (Å²) in [6.07, 6.45) is 0.401. The van der Waals surface area contributed by atoms with E-state index in [1.54, 1.807) is 4.90 Å². The minimum atomic E-state index is -0.344. The maximum atomic E-state index is 12.0. The molecule has 2 heterocycles. The molecule has 0 radical (unpaired) electrons. The summed E-state index contributed by atoms with van der Waals surface area (Å²) in [6.45, 7) is 4.49. The summed E-state index contributed by atoms with van der Waals surface area (Å²) in [4.78, 5) is 25.8. The Morgan fingerprint density at radius 1 is 1.52 bits per heavy atom. The minimum Gasteiger partial charge on any atom is -0.442 e. The van der Waals surface area contributed by atoms with E-state index in [9.17, 15) is 9.59 Å². The first-order chi connectivity index (χ1) is 10.0. The lowest BCUT2D eigenvalue weighted by atomic mass is 10.1. The van der Waals surface area contributed by atoms with Gasteiger partial charge in [-0.25, -0.2) is 4.79 Å². The first-order valence-electron chi connectivity index (χ1n) is 7.05. The van der Waals surface area contributed by atoms with Crippen molar-refractivity contribution in [1.29, 1.82) is 0 Å². The fourth-order valence-corrected chi connectivity index (χ4v) is 3.81. The Bertz CT molecular complexity index is 590. The second-order valence-corrected chi connectivity index (χ2v) is 6.96. The van der Waals surface area contributed by atoms with Crippen LogP contribution in [0.1, 0.15) is 19.4 Å². The molecule has 0 bridgehead atoms. The number of nitrogens with zero attached hydrogens (tertiary/aromatic N) is 1. The number of rotatable bonds is 3. The van der Waals surface area contributed by atoms with Gasteiger partial charge in [-0.2, -0.15) is 0 Å². The van der Waals surface area contributed by atoms with Gasteiger partial charge in [0.25, 0.3) is 0 Å². The summed E-state index contributed by atoms with van der Waals surface area (Å²) >= 11 is 1.87. The number of cyclic esters (lactones) is 1. The SMILES string of the molecule is CC(=O)NC[C@H]1CN(c2ccc3c(c2)CC(C)S3)C(=O)O1. The molecule has 0 aliphatic carbocycles. The molecule has 1 aromatic carbocycles. The number of hydrogen-bond donors (Lipinski definition) is 1. The molecular weight excluding hydrogens is 288 g/mol. The van der Waals surface area contributed by atoms with E-state index >= 15 is 0 Å². The molecule has 2 amide bonds. The number of hydrogen-bond acceptors (Lipinski definition) is 4. The Morgan fingerprint density at radius 3 is 3.10 bits per heavy atom. The highest BCUT2D eigenvalue weighted by atomic mass is 32.2. The molecule has 0 spiro atoms. The van der Waals surface area contributed by atoms with Gasteiger partial charge in [0, 0.05) is 22.8 Å². The van der Waals surface area contributed by atoms with Gasteiger partial charge >= 0.3 is 6.09 Å². The highest BCUT2D eigenvalue weighted by molar-refractivity contribution is 8.00. The van der Waals surface area contributed by atoms with Crippen LogP contribution in [0.15, 0.2) is 23.1 Å². The quantitative estimate of drug-likeness (QED) is 0.930. The van der Waals surface area contributed by atoms with Crippen molar-refractivity contribution >= 4 is 29.4 Å². The van der Waals surface area contributed by atoms with Crippen molar-refractivity contribution in [3.8, 4) is 0 Å². The van der Waals surface area contributed by atoms with E-state index < -0.39 is 0 Å². The largest absolute Gasteiger partial charge is 0.442 e. The molecule has 1 unspecified atom stereocenters. The molecule has 2 atom stereocenters. The van der Waals surface area contributed by atoms with Crippen molar-refractivity contribution in [2.45, 2.75) is 36.5 Å². The van der Waals surface area contributed by atoms with Crippen molar-refractivity contribution in [1.82, 2.24) is 5.32 Å². The Hall–Kier alpha value is -1.69. The summed E-state index contributed by atoms with van der Waals surface area (Å²) in [5.74, 6) is -0.118. The number of ether oxygens (including phenoxy) is 1. The molecule has 1 aromatic rings. The zero-order chi connectivity index (χ0) is 15.0. The lowest BCUT2D eigenvalue weighted by Gasteiger charge is -2.14. The number of nitrogens with one attached hydrogen (secondary N) is 1. The Labute approximate surface area is 128 Å². The molecule has 21 heavy (non-hydrogen) atoms. The van der Waals surface area contributed by atoms with E-state index in [1.807, 2.05) is 17.8 Å². The van der Waals surface area contributed by atoms with Gasteiger partial charge in [0.15, 0.2) is 0 Å². The van der Waals surface area contributed by atoms with E-state index in [0.29, 0.717) is 18.3 Å². The van der Waals surface area contributed by atoms with Crippen molar-refractivity contribution in [3.05, 3.63) is 23.8 Å². The van der Waals surface area contributed by atoms with Crippen LogP contribution in [0.4, 0.5) is 10.5 Å². The average Bonchev–Trinajstić information content (AvgIpc) is 2.97. The van der Waals surface area contributed by atoms with Crippen LogP contribution in [0.3, 0.4) is 0 Å². The van der Waals surface area contributed by atoms with E-state index in [2.05, 4.69) is 24.4 Å². The average molecular weight is 306 g/mol. The molecule has 2 aliphatic rings. The van der Waals surface area contributed by atoms with Crippen LogP contribution in [0, 0.1) is 0 Å². The van der Waals surface area contributed by atoms with Gasteiger partial charge in [0.2, 0.25) is 5.91 Å². The van der Waals surface area contributed by atoms with Gasteiger partial charge in [0.05, 0.1) is 13.1 Å². The lowest BCUT2D eigenvalue weighted by Crippen LogP contribution is -2.33. The standard InChI is InChI=1S/C15H18N2O3S/c1-9-5-11-6-12(3-4-14(11)21-9)17-8-13(20-15(17)19)7-16-10(2)18/h3-4,6,9,13H,5,7-8H2,1-2H3,(H,16,18)/t9?,13-/m0/s1. The predicted molar refractivity (Wildman–Crippen MR) is 81.8 cm³/mol. The molecule has 1 N–H and O–H groups in total. The van der Waals surface area contributed by atoms with Gasteiger partial charge in [-0.15, -0.1) is 11.8 Å². The van der Waals surface area contributed by atoms with Crippen LogP contribution >= 0.6 is 11.8 Å². The third-order valence-corrected chi connectivity index (χ3v) is 4.87. The molecule has 1 fully saturated rings. The fraction of sp³-hybridized carbons (Fsp3) is 0.467. The number of carbonyl (C=O) groups is 2. The van der Waals surface area contributed by atoms with E-state index in [-0.39, 0.29) is 18.1 Å². The molecule has 2 aliphatic heterocycles. The van der Waals surface area contributed by atoms with Crippen molar-refractivity contribution in [3.63, 3.8) is 0 Å². The minimum absolute atomic E-state index is 0.118. The smallest absolute Gasteiger partial charge is 0.414 e. The summed E-state index contributed by atoms with van der Waals surface area (Å²) in [5, 5.41) is 3.27. The second-order valence-electron chi connectivity index (χ2n) is 5.48. The number of benzene rings is 1. The van der Waals surface area contributed by atoms with Crippen LogP contribution in [-0.4, -0.2) is 36.4 Å². The van der Waals surface area contributed by atoms with Crippen LogP contribution in [0.2, 0.25) is 0 Å². The van der Waals surface area contributed by atoms with Crippen molar-refractivity contribution in [2.24, 2.45) is 0 Å². The zero-order valence-corrected chi connectivity index (χ0v) is 12.9. The summed E-state index contributed by atoms with van der Waals surface area (Å²) in [6, 6.07) is 6.12. The number of carbonyl (C=O) groups excluding carboxylic acids is 2. The maximum absolute atomic E-state index is 12.0. The first kappa shape index (κ1) is 14.3. The van der Waals surface area contributed by atoms with E-state index in [0.717, 1.165) is 12.1 Å². The van der Waals surface area contributed by atoms with Gasteiger partial charge in [-0.05, 0) is 30.2 Å². The normalized spacial score (nSPS) is 23.9. The zero-order valence-electron chi connectivity index (χ0n) is 12.1. The van der Waals surface area contributed by atoms with Gasteiger partial charge in [-0.3, -0.25) is 9.69 Å². The fourth-order valence-electron chi connectivity index (χ4n) is 2.67. The topological polar surface area (TPSA) is 58.6 Å². The molecule has 0 saturated carbocycles. The third-order valence-electron chi connectivity index (χ3n) is 3.64. The summed E-state index contributed by atoms with van der Waals surface area (Å²) in [7, 11) is 0.